The van der Waals surface area contributed by atoms with E-state index in [0.717, 1.165) is 21.8 Å². The molecule has 2 rings (SSSR count). The van der Waals surface area contributed by atoms with Crippen LogP contribution in [0.4, 0.5) is 4.79 Å². The molecule has 1 aliphatic rings. The van der Waals surface area contributed by atoms with Gasteiger partial charge < -0.3 is 5.32 Å². The molecule has 0 unspecified atom stereocenters. The van der Waals surface area contributed by atoms with Crippen molar-refractivity contribution in [3.05, 3.63) is 10.7 Å². The van der Waals surface area contributed by atoms with Crippen molar-refractivity contribution >= 4 is 39.0 Å². The molecule has 2 heterocycles. The third-order valence-electron chi connectivity index (χ3n) is 1.82. The summed E-state index contributed by atoms with van der Waals surface area (Å²) < 4.78 is 24.6. The average Bonchev–Trinajstić information content (AvgIpc) is 2.74. The number of aromatic nitrogens is 1. The molecule has 0 radical (unpaired) electrons. The number of carbonyl (C=O) groups is 1. The number of nitrogens with one attached hydrogen (secondary N) is 1. The predicted molar refractivity (Wildman–Crippen MR) is 54.4 cm³/mol. The molecule has 2 amide bonds. The number of sulfonamides is 1. The number of urea groups is 1. The topological polar surface area (TPSA) is 79.4 Å². The Morgan fingerprint density at radius 1 is 1.60 bits per heavy atom. The Labute approximate surface area is 94.9 Å². The maximum Gasteiger partial charge on any atom is 0.331 e. The van der Waals surface area contributed by atoms with Crippen molar-refractivity contribution in [3.8, 4) is 0 Å². The standard InChI is InChI=1S/C6H6ClN3O3S2/c7-5-9-3-4(14-5)15(12,13)10-2-1-8-6(10)11/h3H,1-2H2,(H,8,11). The van der Waals surface area contributed by atoms with E-state index in [4.69, 9.17) is 11.6 Å². The van der Waals surface area contributed by atoms with E-state index in [2.05, 4.69) is 10.3 Å². The van der Waals surface area contributed by atoms with Crippen LogP contribution in [0.25, 0.3) is 0 Å². The lowest BCUT2D eigenvalue weighted by atomic mass is 10.7. The molecule has 1 aliphatic heterocycles. The molecule has 0 spiro atoms. The molecule has 1 N–H and O–H groups in total. The summed E-state index contributed by atoms with van der Waals surface area (Å²) in [7, 11) is -3.77. The van der Waals surface area contributed by atoms with Crippen molar-refractivity contribution in [2.24, 2.45) is 0 Å². The quantitative estimate of drug-likeness (QED) is 0.847. The largest absolute Gasteiger partial charge is 0.335 e. The molecule has 0 saturated carbocycles. The van der Waals surface area contributed by atoms with Gasteiger partial charge in [0.1, 0.15) is 0 Å². The van der Waals surface area contributed by atoms with E-state index in [1.165, 1.54) is 0 Å². The fraction of sp³-hybridized carbons (Fsp3) is 0.333. The summed E-state index contributed by atoms with van der Waals surface area (Å²) in [6.07, 6.45) is 1.15. The van der Waals surface area contributed by atoms with E-state index in [1.807, 2.05) is 0 Å². The molecule has 82 valence electrons. The monoisotopic (exact) mass is 267 g/mol. The number of carbonyl (C=O) groups excluding carboxylic acids is 1. The number of hydrogen-bond donors (Lipinski definition) is 1. The molecule has 1 aromatic rings. The lowest BCUT2D eigenvalue weighted by Crippen LogP contribution is -2.33. The van der Waals surface area contributed by atoms with E-state index in [1.54, 1.807) is 0 Å². The van der Waals surface area contributed by atoms with Gasteiger partial charge in [0, 0.05) is 6.54 Å². The Bertz CT molecular complexity index is 497. The zero-order valence-electron chi connectivity index (χ0n) is 7.31. The van der Waals surface area contributed by atoms with Crippen LogP contribution in [0.5, 0.6) is 0 Å². The minimum atomic E-state index is -3.77. The van der Waals surface area contributed by atoms with Gasteiger partial charge in [0.25, 0.3) is 10.0 Å². The first kappa shape index (κ1) is 10.7. The summed E-state index contributed by atoms with van der Waals surface area (Å²) in [5.74, 6) is 0. The molecule has 1 saturated heterocycles. The number of halogens is 1. The van der Waals surface area contributed by atoms with Gasteiger partial charge >= 0.3 is 6.03 Å². The molecule has 0 bridgehead atoms. The second kappa shape index (κ2) is 3.62. The smallest absolute Gasteiger partial charge is 0.331 e. The highest BCUT2D eigenvalue weighted by molar-refractivity contribution is 7.91. The van der Waals surface area contributed by atoms with Gasteiger partial charge in [-0.25, -0.2) is 14.1 Å². The molecule has 0 aromatic carbocycles. The van der Waals surface area contributed by atoms with E-state index in [0.29, 0.717) is 6.54 Å². The molecule has 1 aromatic heterocycles. The van der Waals surface area contributed by atoms with Gasteiger partial charge in [-0.2, -0.15) is 8.42 Å². The van der Waals surface area contributed by atoms with E-state index in [-0.39, 0.29) is 15.2 Å². The van der Waals surface area contributed by atoms with Crippen LogP contribution in [0.1, 0.15) is 0 Å². The Balaban J connectivity index is 2.39. The number of hydrogen-bond acceptors (Lipinski definition) is 5. The van der Waals surface area contributed by atoms with Crippen LogP contribution in [-0.2, 0) is 10.0 Å². The molecule has 9 heteroatoms. The molecule has 6 nitrogen and oxygen atoms in total. The molecule has 0 aliphatic carbocycles. The first-order valence-corrected chi connectivity index (χ1v) is 6.57. The van der Waals surface area contributed by atoms with Gasteiger partial charge in [0.05, 0.1) is 12.7 Å². The number of rotatable bonds is 2. The number of amides is 2. The van der Waals surface area contributed by atoms with Crippen molar-refractivity contribution in [1.29, 1.82) is 0 Å². The van der Waals surface area contributed by atoms with Crippen LogP contribution in [-0.4, -0.2) is 36.8 Å². The minimum Gasteiger partial charge on any atom is -0.335 e. The van der Waals surface area contributed by atoms with Gasteiger partial charge in [-0.05, 0) is 0 Å². The Kier molecular flexibility index (Phi) is 2.57. The maximum absolute atomic E-state index is 11.8. The second-order valence-electron chi connectivity index (χ2n) is 2.74. The zero-order valence-corrected chi connectivity index (χ0v) is 9.69. The Hall–Kier alpha value is -0.860. The summed E-state index contributed by atoms with van der Waals surface area (Å²) in [6.45, 7) is 0.460. The maximum atomic E-state index is 11.8. The lowest BCUT2D eigenvalue weighted by molar-refractivity contribution is 0.236. The van der Waals surface area contributed by atoms with Crippen molar-refractivity contribution in [2.75, 3.05) is 13.1 Å². The fourth-order valence-electron chi connectivity index (χ4n) is 1.15. The van der Waals surface area contributed by atoms with Crippen LogP contribution >= 0.6 is 22.9 Å². The summed E-state index contributed by atoms with van der Waals surface area (Å²) in [5.41, 5.74) is 0. The van der Waals surface area contributed by atoms with Gasteiger partial charge in [-0.1, -0.05) is 22.9 Å². The average molecular weight is 268 g/mol. The van der Waals surface area contributed by atoms with Crippen molar-refractivity contribution < 1.29 is 13.2 Å². The number of nitrogens with zero attached hydrogens (tertiary/aromatic N) is 2. The van der Waals surface area contributed by atoms with E-state index in [9.17, 15) is 13.2 Å². The molecular formula is C6H6ClN3O3S2. The first-order chi connectivity index (χ1) is 7.01. The molecular weight excluding hydrogens is 262 g/mol. The second-order valence-corrected chi connectivity index (χ2v) is 6.44. The third kappa shape index (κ3) is 1.80. The zero-order chi connectivity index (χ0) is 11.1. The highest BCUT2D eigenvalue weighted by atomic mass is 35.5. The Morgan fingerprint density at radius 3 is 2.80 bits per heavy atom. The fourth-order valence-corrected chi connectivity index (χ4v) is 3.91. The molecule has 15 heavy (non-hydrogen) atoms. The predicted octanol–water partition coefficient (Wildman–Crippen LogP) is 0.510. The highest BCUT2D eigenvalue weighted by Gasteiger charge is 2.34. The normalized spacial score (nSPS) is 16.9. The van der Waals surface area contributed by atoms with Crippen molar-refractivity contribution in [3.63, 3.8) is 0 Å². The van der Waals surface area contributed by atoms with Gasteiger partial charge in [0.15, 0.2) is 8.68 Å². The Morgan fingerprint density at radius 2 is 2.33 bits per heavy atom. The first-order valence-electron chi connectivity index (χ1n) is 3.94. The van der Waals surface area contributed by atoms with Gasteiger partial charge in [0.2, 0.25) is 0 Å². The van der Waals surface area contributed by atoms with Crippen LogP contribution in [0.15, 0.2) is 10.4 Å². The van der Waals surface area contributed by atoms with Gasteiger partial charge in [-0.15, -0.1) is 0 Å². The molecule has 1 fully saturated rings. The minimum absolute atomic E-state index is 0.0236. The molecule has 0 atom stereocenters. The lowest BCUT2D eigenvalue weighted by Gasteiger charge is -2.12. The van der Waals surface area contributed by atoms with Crippen LogP contribution in [0.3, 0.4) is 0 Å². The SMILES string of the molecule is O=C1NCCN1S(=O)(=O)c1cnc(Cl)s1. The van der Waals surface area contributed by atoms with Gasteiger partial charge in [-0.3, -0.25) is 0 Å². The summed E-state index contributed by atoms with van der Waals surface area (Å²) in [4.78, 5) is 14.8. The van der Waals surface area contributed by atoms with Crippen molar-refractivity contribution in [1.82, 2.24) is 14.6 Å². The number of thiazole rings is 1. The van der Waals surface area contributed by atoms with Crippen molar-refractivity contribution in [2.45, 2.75) is 4.21 Å². The van der Waals surface area contributed by atoms with Crippen LogP contribution < -0.4 is 5.32 Å². The highest BCUT2D eigenvalue weighted by Crippen LogP contribution is 2.26. The summed E-state index contributed by atoms with van der Waals surface area (Å²) in [6, 6.07) is -0.612. The van der Waals surface area contributed by atoms with Crippen LogP contribution in [0, 0.1) is 0 Å². The summed E-state index contributed by atoms with van der Waals surface area (Å²) >= 11 is 6.36. The van der Waals surface area contributed by atoms with Crippen LogP contribution in [0.2, 0.25) is 4.47 Å². The van der Waals surface area contributed by atoms with E-state index < -0.39 is 16.1 Å². The third-order valence-corrected chi connectivity index (χ3v) is 5.15. The van der Waals surface area contributed by atoms with E-state index >= 15 is 0 Å². The summed E-state index contributed by atoms with van der Waals surface area (Å²) in [5, 5.41) is 2.41.